The molecule has 0 bridgehead atoms. The highest BCUT2D eigenvalue weighted by molar-refractivity contribution is 5.83. The molecule has 6 nitrogen and oxygen atoms in total. The molecule has 1 aliphatic rings. The third-order valence-corrected chi connectivity index (χ3v) is 3.39. The number of hydrogen-bond donors (Lipinski definition) is 1. The molecule has 2 aromatic heterocycles. The molecule has 0 saturated heterocycles. The SMILES string of the molecule is Cc1cc(N)n(C(=O)C2CCn3cncc3C2)n1. The van der Waals surface area contributed by atoms with E-state index in [4.69, 9.17) is 5.73 Å². The highest BCUT2D eigenvalue weighted by Crippen LogP contribution is 2.22. The third-order valence-electron chi connectivity index (χ3n) is 3.39. The number of carbonyl (C=O) groups excluding carboxylic acids is 1. The van der Waals surface area contributed by atoms with Crippen molar-refractivity contribution in [1.29, 1.82) is 0 Å². The van der Waals surface area contributed by atoms with Gasteiger partial charge in [0.1, 0.15) is 5.82 Å². The van der Waals surface area contributed by atoms with Gasteiger partial charge in [0.05, 0.1) is 12.0 Å². The van der Waals surface area contributed by atoms with Crippen molar-refractivity contribution in [3.05, 3.63) is 30.0 Å². The third kappa shape index (κ3) is 1.70. The van der Waals surface area contributed by atoms with Crippen molar-refractivity contribution in [3.63, 3.8) is 0 Å². The lowest BCUT2D eigenvalue weighted by Crippen LogP contribution is -2.30. The molecule has 0 radical (unpaired) electrons. The summed E-state index contributed by atoms with van der Waals surface area (Å²) >= 11 is 0. The van der Waals surface area contributed by atoms with E-state index in [1.54, 1.807) is 6.07 Å². The van der Waals surface area contributed by atoms with Crippen LogP contribution in [-0.4, -0.2) is 25.2 Å². The van der Waals surface area contributed by atoms with Crippen LogP contribution in [0.4, 0.5) is 5.82 Å². The summed E-state index contributed by atoms with van der Waals surface area (Å²) in [6.45, 7) is 2.65. The number of hydrogen-bond acceptors (Lipinski definition) is 4. The zero-order chi connectivity index (χ0) is 12.7. The summed E-state index contributed by atoms with van der Waals surface area (Å²) in [6, 6.07) is 1.71. The van der Waals surface area contributed by atoms with Crippen LogP contribution in [0.25, 0.3) is 0 Å². The van der Waals surface area contributed by atoms with Gasteiger partial charge in [-0.3, -0.25) is 4.79 Å². The van der Waals surface area contributed by atoms with Crippen LogP contribution in [0.5, 0.6) is 0 Å². The minimum Gasteiger partial charge on any atom is -0.383 e. The van der Waals surface area contributed by atoms with Crippen LogP contribution in [0.3, 0.4) is 0 Å². The number of carbonyl (C=O) groups is 1. The predicted molar refractivity (Wildman–Crippen MR) is 66.0 cm³/mol. The molecule has 3 heterocycles. The smallest absolute Gasteiger partial charge is 0.252 e. The molecule has 2 N–H and O–H groups in total. The van der Waals surface area contributed by atoms with E-state index < -0.39 is 0 Å². The lowest BCUT2D eigenvalue weighted by molar-refractivity contribution is 0.0798. The van der Waals surface area contributed by atoms with Crippen LogP contribution < -0.4 is 5.73 Å². The molecule has 2 aromatic rings. The number of nitrogen functional groups attached to an aromatic ring is 1. The lowest BCUT2D eigenvalue weighted by atomic mass is 9.95. The number of nitrogens with zero attached hydrogens (tertiary/aromatic N) is 4. The van der Waals surface area contributed by atoms with Crippen molar-refractivity contribution >= 4 is 11.7 Å². The maximum Gasteiger partial charge on any atom is 0.252 e. The summed E-state index contributed by atoms with van der Waals surface area (Å²) in [4.78, 5) is 16.5. The Balaban J connectivity index is 1.85. The first-order valence-corrected chi connectivity index (χ1v) is 6.00. The van der Waals surface area contributed by atoms with Crippen molar-refractivity contribution < 1.29 is 4.79 Å². The Morgan fingerprint density at radius 1 is 1.56 bits per heavy atom. The van der Waals surface area contributed by atoms with Crippen LogP contribution in [-0.2, 0) is 13.0 Å². The molecule has 1 atom stereocenters. The molecule has 1 aliphatic heterocycles. The van der Waals surface area contributed by atoms with Gasteiger partial charge in [0, 0.05) is 36.8 Å². The monoisotopic (exact) mass is 245 g/mol. The Morgan fingerprint density at radius 2 is 2.39 bits per heavy atom. The highest BCUT2D eigenvalue weighted by Gasteiger charge is 2.27. The first kappa shape index (κ1) is 11.0. The Labute approximate surface area is 104 Å². The van der Waals surface area contributed by atoms with Crippen LogP contribution in [0.2, 0.25) is 0 Å². The molecule has 0 spiro atoms. The van der Waals surface area contributed by atoms with Crippen LogP contribution in [0, 0.1) is 12.8 Å². The summed E-state index contributed by atoms with van der Waals surface area (Å²) < 4.78 is 3.41. The van der Waals surface area contributed by atoms with Crippen molar-refractivity contribution in [2.45, 2.75) is 26.3 Å². The topological polar surface area (TPSA) is 78.7 Å². The van der Waals surface area contributed by atoms with Crippen LogP contribution in [0.1, 0.15) is 22.6 Å². The number of imidazole rings is 1. The minimum absolute atomic E-state index is 0.0203. The normalized spacial score (nSPS) is 18.6. The van der Waals surface area contributed by atoms with Gasteiger partial charge in [0.2, 0.25) is 0 Å². The number of anilines is 1. The maximum atomic E-state index is 12.4. The van der Waals surface area contributed by atoms with Gasteiger partial charge in [0.15, 0.2) is 0 Å². The molecule has 0 saturated carbocycles. The number of fused-ring (bicyclic) bond motifs is 1. The fourth-order valence-corrected chi connectivity index (χ4v) is 2.45. The van der Waals surface area contributed by atoms with Gasteiger partial charge in [-0.2, -0.15) is 9.78 Å². The molecule has 0 aliphatic carbocycles. The van der Waals surface area contributed by atoms with E-state index in [2.05, 4.69) is 14.6 Å². The van der Waals surface area contributed by atoms with Gasteiger partial charge in [-0.25, -0.2) is 4.98 Å². The second-order valence-corrected chi connectivity index (χ2v) is 4.73. The molecule has 94 valence electrons. The summed E-state index contributed by atoms with van der Waals surface area (Å²) in [5.74, 6) is 0.334. The van der Waals surface area contributed by atoms with Crippen molar-refractivity contribution in [2.24, 2.45) is 5.92 Å². The van der Waals surface area contributed by atoms with Crippen molar-refractivity contribution in [3.8, 4) is 0 Å². The number of rotatable bonds is 1. The summed E-state index contributed by atoms with van der Waals surface area (Å²) in [7, 11) is 0. The number of nitrogens with two attached hydrogens (primary N) is 1. The molecule has 6 heteroatoms. The summed E-state index contributed by atoms with van der Waals surface area (Å²) in [6.07, 6.45) is 5.14. The Bertz CT molecular complexity index is 597. The van der Waals surface area contributed by atoms with E-state index >= 15 is 0 Å². The Kier molecular flexibility index (Phi) is 2.43. The van der Waals surface area contributed by atoms with Gasteiger partial charge in [-0.1, -0.05) is 0 Å². The maximum absolute atomic E-state index is 12.4. The second-order valence-electron chi connectivity index (χ2n) is 4.73. The van der Waals surface area contributed by atoms with Gasteiger partial charge in [-0.05, 0) is 13.3 Å². The molecule has 3 rings (SSSR count). The van der Waals surface area contributed by atoms with E-state index in [0.717, 1.165) is 24.4 Å². The quantitative estimate of drug-likeness (QED) is 0.808. The van der Waals surface area contributed by atoms with E-state index in [1.807, 2.05) is 19.4 Å². The number of aryl methyl sites for hydroxylation is 2. The fraction of sp³-hybridized carbons (Fsp3) is 0.417. The van der Waals surface area contributed by atoms with Gasteiger partial charge >= 0.3 is 0 Å². The van der Waals surface area contributed by atoms with Crippen molar-refractivity contribution in [1.82, 2.24) is 19.3 Å². The summed E-state index contributed by atoms with van der Waals surface area (Å²) in [5.41, 5.74) is 7.65. The molecule has 0 aromatic carbocycles. The average Bonchev–Trinajstić information content (AvgIpc) is 2.93. The highest BCUT2D eigenvalue weighted by atomic mass is 16.2. The van der Waals surface area contributed by atoms with E-state index in [1.165, 1.54) is 4.68 Å². The van der Waals surface area contributed by atoms with E-state index in [-0.39, 0.29) is 11.8 Å². The minimum atomic E-state index is -0.0594. The van der Waals surface area contributed by atoms with Gasteiger partial charge in [-0.15, -0.1) is 0 Å². The first-order chi connectivity index (χ1) is 8.65. The number of aromatic nitrogens is 4. The molecule has 0 fully saturated rings. The van der Waals surface area contributed by atoms with E-state index in [9.17, 15) is 4.79 Å². The molecule has 0 amide bonds. The molecule has 1 unspecified atom stereocenters. The Hall–Kier alpha value is -2.11. The predicted octanol–water partition coefficient (Wildman–Crippen LogP) is 0.873. The lowest BCUT2D eigenvalue weighted by Gasteiger charge is -2.22. The Morgan fingerprint density at radius 3 is 3.11 bits per heavy atom. The fourth-order valence-electron chi connectivity index (χ4n) is 2.45. The average molecular weight is 245 g/mol. The van der Waals surface area contributed by atoms with Gasteiger partial charge in [0.25, 0.3) is 5.91 Å². The van der Waals surface area contributed by atoms with Gasteiger partial charge < -0.3 is 10.3 Å². The zero-order valence-corrected chi connectivity index (χ0v) is 10.2. The van der Waals surface area contributed by atoms with E-state index in [0.29, 0.717) is 12.2 Å². The molecular weight excluding hydrogens is 230 g/mol. The molecule has 18 heavy (non-hydrogen) atoms. The van der Waals surface area contributed by atoms with Crippen LogP contribution in [0.15, 0.2) is 18.6 Å². The molecular formula is C12H15N5O. The standard InChI is InChI=1S/C12H15N5O/c1-8-4-11(13)17(15-8)12(18)9-2-3-16-7-14-6-10(16)5-9/h4,6-7,9H,2-3,5,13H2,1H3. The summed E-state index contributed by atoms with van der Waals surface area (Å²) in [5, 5.41) is 4.15. The van der Waals surface area contributed by atoms with Crippen LogP contribution >= 0.6 is 0 Å². The zero-order valence-electron chi connectivity index (χ0n) is 10.2. The second kappa shape index (κ2) is 3.97. The van der Waals surface area contributed by atoms with Crippen molar-refractivity contribution in [2.75, 3.05) is 5.73 Å². The largest absolute Gasteiger partial charge is 0.383 e. The first-order valence-electron chi connectivity index (χ1n) is 6.00.